The number of aromatic nitrogens is 4. The molecule has 0 N–H and O–H groups in total. The van der Waals surface area contributed by atoms with Crippen LogP contribution in [0.5, 0.6) is 0 Å². The largest absolute Gasteiger partial charge is 0.222 e. The predicted octanol–water partition coefficient (Wildman–Crippen LogP) is 2.90. The number of halogens is 1. The van der Waals surface area contributed by atoms with Gasteiger partial charge in [0.1, 0.15) is 0 Å². The standard InChI is InChI=1S/C10H19ClN4/c1-5-10(6-2,7-3)15-9(8(4)11)12-13-14-15/h8H,5-7H2,1-4H3. The minimum atomic E-state index is -0.149. The fraction of sp³-hybridized carbons (Fsp3) is 0.900. The van der Waals surface area contributed by atoms with Crippen LogP contribution in [0.3, 0.4) is 0 Å². The van der Waals surface area contributed by atoms with Crippen molar-refractivity contribution >= 4 is 11.6 Å². The minimum absolute atomic E-state index is 0.0159. The summed E-state index contributed by atoms with van der Waals surface area (Å²) in [5.41, 5.74) is 0.0159. The first-order valence-corrected chi connectivity index (χ1v) is 5.97. The van der Waals surface area contributed by atoms with E-state index in [0.717, 1.165) is 25.1 Å². The molecule has 0 fully saturated rings. The molecule has 0 aromatic carbocycles. The van der Waals surface area contributed by atoms with Crippen LogP contribution in [0.15, 0.2) is 0 Å². The van der Waals surface area contributed by atoms with E-state index in [1.54, 1.807) is 0 Å². The Bertz CT molecular complexity index is 296. The molecule has 0 bridgehead atoms. The quantitative estimate of drug-likeness (QED) is 0.731. The third-order valence-corrected chi connectivity index (χ3v) is 3.47. The molecule has 1 atom stereocenters. The SMILES string of the molecule is CCC(CC)(CC)n1nnnc1C(C)Cl. The predicted molar refractivity (Wildman–Crippen MR) is 60.9 cm³/mol. The van der Waals surface area contributed by atoms with Gasteiger partial charge in [0, 0.05) is 0 Å². The molecule has 0 spiro atoms. The molecule has 1 aromatic rings. The Labute approximate surface area is 96.0 Å². The van der Waals surface area contributed by atoms with Gasteiger partial charge in [0.15, 0.2) is 5.82 Å². The summed E-state index contributed by atoms with van der Waals surface area (Å²) in [6.45, 7) is 8.39. The number of alkyl halides is 1. The summed E-state index contributed by atoms with van der Waals surface area (Å²) in [4.78, 5) is 0. The molecule has 0 amide bonds. The monoisotopic (exact) mass is 230 g/mol. The molecule has 0 saturated carbocycles. The molecule has 5 heteroatoms. The molecular weight excluding hydrogens is 212 g/mol. The van der Waals surface area contributed by atoms with Gasteiger partial charge in [-0.15, -0.1) is 16.7 Å². The van der Waals surface area contributed by atoms with Gasteiger partial charge in [-0.05, 0) is 36.6 Å². The first-order valence-electron chi connectivity index (χ1n) is 5.54. The Kier molecular flexibility index (Phi) is 4.08. The van der Waals surface area contributed by atoms with Gasteiger partial charge in [-0.1, -0.05) is 20.8 Å². The summed E-state index contributed by atoms with van der Waals surface area (Å²) < 4.78 is 1.91. The van der Waals surface area contributed by atoms with Gasteiger partial charge in [0.25, 0.3) is 0 Å². The second kappa shape index (κ2) is 4.92. The zero-order valence-electron chi connectivity index (χ0n) is 9.87. The number of rotatable bonds is 5. The van der Waals surface area contributed by atoms with Gasteiger partial charge in [0.2, 0.25) is 0 Å². The average molecular weight is 231 g/mol. The van der Waals surface area contributed by atoms with E-state index >= 15 is 0 Å². The third-order valence-electron chi connectivity index (χ3n) is 3.27. The maximum Gasteiger partial charge on any atom is 0.169 e. The maximum absolute atomic E-state index is 6.06. The fourth-order valence-corrected chi connectivity index (χ4v) is 2.12. The van der Waals surface area contributed by atoms with Crippen molar-refractivity contribution in [2.24, 2.45) is 0 Å². The molecule has 86 valence electrons. The molecule has 1 rings (SSSR count). The van der Waals surface area contributed by atoms with E-state index < -0.39 is 0 Å². The van der Waals surface area contributed by atoms with Crippen LogP contribution in [0, 0.1) is 0 Å². The van der Waals surface area contributed by atoms with E-state index in [-0.39, 0.29) is 10.9 Å². The average Bonchev–Trinajstić information content (AvgIpc) is 2.71. The highest BCUT2D eigenvalue weighted by molar-refractivity contribution is 6.20. The van der Waals surface area contributed by atoms with Gasteiger partial charge in [-0.25, -0.2) is 4.68 Å². The molecule has 1 heterocycles. The second-order valence-corrected chi connectivity index (χ2v) is 4.50. The highest BCUT2D eigenvalue weighted by Crippen LogP contribution is 2.31. The Hall–Kier alpha value is -0.640. The molecule has 0 aliphatic heterocycles. The molecular formula is C10H19ClN4. The summed E-state index contributed by atoms with van der Waals surface area (Å²) in [5, 5.41) is 11.7. The topological polar surface area (TPSA) is 43.6 Å². The molecule has 4 nitrogen and oxygen atoms in total. The Morgan fingerprint density at radius 2 is 1.80 bits per heavy atom. The van der Waals surface area contributed by atoms with Gasteiger partial charge < -0.3 is 0 Å². The summed E-state index contributed by atoms with van der Waals surface area (Å²) in [6, 6.07) is 0. The number of nitrogens with zero attached hydrogens (tertiary/aromatic N) is 4. The lowest BCUT2D eigenvalue weighted by molar-refractivity contribution is 0.213. The van der Waals surface area contributed by atoms with Crippen molar-refractivity contribution in [3.05, 3.63) is 5.82 Å². The summed E-state index contributed by atoms with van der Waals surface area (Å²) in [6.07, 6.45) is 3.05. The van der Waals surface area contributed by atoms with Crippen LogP contribution in [0.25, 0.3) is 0 Å². The van der Waals surface area contributed by atoms with Crippen molar-refractivity contribution in [3.8, 4) is 0 Å². The second-order valence-electron chi connectivity index (χ2n) is 3.85. The van der Waals surface area contributed by atoms with E-state index in [2.05, 4.69) is 36.3 Å². The smallest absolute Gasteiger partial charge is 0.169 e. The normalized spacial score (nSPS) is 14.2. The first-order chi connectivity index (χ1) is 7.11. The van der Waals surface area contributed by atoms with E-state index in [9.17, 15) is 0 Å². The number of tetrazole rings is 1. The summed E-state index contributed by atoms with van der Waals surface area (Å²) >= 11 is 6.06. The molecule has 0 aliphatic carbocycles. The van der Waals surface area contributed by atoms with Crippen molar-refractivity contribution < 1.29 is 0 Å². The Balaban J connectivity index is 3.16. The maximum atomic E-state index is 6.06. The van der Waals surface area contributed by atoms with Crippen LogP contribution in [-0.4, -0.2) is 20.2 Å². The lowest BCUT2D eigenvalue weighted by Gasteiger charge is -2.31. The van der Waals surface area contributed by atoms with Crippen molar-refractivity contribution in [2.45, 2.75) is 57.9 Å². The van der Waals surface area contributed by atoms with Crippen molar-refractivity contribution in [2.75, 3.05) is 0 Å². The lowest BCUT2D eigenvalue weighted by atomic mass is 9.90. The molecule has 15 heavy (non-hydrogen) atoms. The molecule has 0 aliphatic rings. The van der Waals surface area contributed by atoms with Crippen molar-refractivity contribution in [3.63, 3.8) is 0 Å². The van der Waals surface area contributed by atoms with Gasteiger partial charge in [0.05, 0.1) is 10.9 Å². The minimum Gasteiger partial charge on any atom is -0.222 e. The van der Waals surface area contributed by atoms with Crippen molar-refractivity contribution in [1.82, 2.24) is 20.2 Å². The zero-order valence-corrected chi connectivity index (χ0v) is 10.6. The van der Waals surface area contributed by atoms with Gasteiger partial charge in [-0.3, -0.25) is 0 Å². The Morgan fingerprint density at radius 3 is 2.20 bits per heavy atom. The molecule has 0 saturated heterocycles. The number of hydrogen-bond acceptors (Lipinski definition) is 3. The van der Waals surface area contributed by atoms with Crippen LogP contribution in [0.1, 0.15) is 58.2 Å². The molecule has 1 aromatic heterocycles. The van der Waals surface area contributed by atoms with Crippen LogP contribution in [0.2, 0.25) is 0 Å². The van der Waals surface area contributed by atoms with Crippen LogP contribution in [0.4, 0.5) is 0 Å². The molecule has 1 unspecified atom stereocenters. The van der Waals surface area contributed by atoms with E-state index in [0.29, 0.717) is 0 Å². The lowest BCUT2D eigenvalue weighted by Crippen LogP contribution is -2.34. The first kappa shape index (κ1) is 12.4. The van der Waals surface area contributed by atoms with Gasteiger partial charge in [-0.2, -0.15) is 0 Å². The van der Waals surface area contributed by atoms with Gasteiger partial charge >= 0.3 is 0 Å². The van der Waals surface area contributed by atoms with E-state index in [1.807, 2.05) is 11.6 Å². The van der Waals surface area contributed by atoms with Crippen LogP contribution < -0.4 is 0 Å². The van der Waals surface area contributed by atoms with E-state index in [1.165, 1.54) is 0 Å². The summed E-state index contributed by atoms with van der Waals surface area (Å²) in [7, 11) is 0. The van der Waals surface area contributed by atoms with E-state index in [4.69, 9.17) is 11.6 Å². The Morgan fingerprint density at radius 1 is 1.27 bits per heavy atom. The molecule has 0 radical (unpaired) electrons. The number of hydrogen-bond donors (Lipinski definition) is 0. The van der Waals surface area contributed by atoms with Crippen molar-refractivity contribution in [1.29, 1.82) is 0 Å². The summed E-state index contributed by atoms with van der Waals surface area (Å²) in [5.74, 6) is 0.766. The van der Waals surface area contributed by atoms with Crippen LogP contribution in [-0.2, 0) is 5.54 Å². The third kappa shape index (κ3) is 2.14. The van der Waals surface area contributed by atoms with Crippen LogP contribution >= 0.6 is 11.6 Å². The highest BCUT2D eigenvalue weighted by atomic mass is 35.5. The fourth-order valence-electron chi connectivity index (χ4n) is 1.98. The highest BCUT2D eigenvalue weighted by Gasteiger charge is 2.31. The zero-order chi connectivity index (χ0) is 11.5.